The quantitative estimate of drug-likeness (QED) is 0.377. The topological polar surface area (TPSA) is 154 Å². The molecule has 1 saturated heterocycles. The summed E-state index contributed by atoms with van der Waals surface area (Å²) in [5, 5.41) is 7.10. The lowest BCUT2D eigenvalue weighted by molar-refractivity contribution is -0.126. The van der Waals surface area contributed by atoms with E-state index < -0.39 is 27.9 Å². The van der Waals surface area contributed by atoms with E-state index in [1.54, 1.807) is 18.2 Å². The van der Waals surface area contributed by atoms with E-state index in [1.165, 1.54) is 33.7 Å². The average molecular weight is 538 g/mol. The smallest absolute Gasteiger partial charge is 0.283 e. The summed E-state index contributed by atoms with van der Waals surface area (Å²) < 4.78 is 28.0. The molecule has 3 aromatic rings. The van der Waals surface area contributed by atoms with Gasteiger partial charge in [0.05, 0.1) is 11.9 Å². The van der Waals surface area contributed by atoms with Crippen LogP contribution in [0.2, 0.25) is 5.02 Å². The number of rotatable bonds is 4. The van der Waals surface area contributed by atoms with Crippen LogP contribution in [0.1, 0.15) is 20.4 Å². The van der Waals surface area contributed by atoms with Gasteiger partial charge >= 0.3 is 0 Å². The first-order chi connectivity index (χ1) is 16.7. The summed E-state index contributed by atoms with van der Waals surface area (Å²) in [6.07, 6.45) is 0.292. The normalized spacial score (nSPS) is 21.2. The second-order valence-corrected chi connectivity index (χ2v) is 11.9. The third-order valence-electron chi connectivity index (χ3n) is 6.23. The van der Waals surface area contributed by atoms with Gasteiger partial charge in [0.15, 0.2) is 5.01 Å². The predicted octanol–water partition coefficient (Wildman–Crippen LogP) is 0.470. The highest BCUT2D eigenvalue weighted by Gasteiger charge is 2.41. The van der Waals surface area contributed by atoms with Crippen molar-refractivity contribution in [2.45, 2.75) is 30.2 Å². The van der Waals surface area contributed by atoms with Crippen molar-refractivity contribution >= 4 is 55.7 Å². The van der Waals surface area contributed by atoms with Crippen LogP contribution in [0.4, 0.5) is 0 Å². The molecule has 2 aliphatic heterocycles. The van der Waals surface area contributed by atoms with E-state index in [0.29, 0.717) is 28.9 Å². The highest BCUT2D eigenvalue weighted by Crippen LogP contribution is 2.28. The van der Waals surface area contributed by atoms with Gasteiger partial charge in [0, 0.05) is 60.5 Å². The maximum atomic E-state index is 13.4. The molecule has 4 heterocycles. The molecule has 14 heteroatoms. The minimum Gasteiger partial charge on any atom is -0.357 e. The number of hydrogen-bond acceptors (Lipinski definition) is 8. The number of amides is 2. The van der Waals surface area contributed by atoms with E-state index in [2.05, 4.69) is 20.6 Å². The van der Waals surface area contributed by atoms with E-state index in [1.807, 2.05) is 0 Å². The zero-order valence-electron chi connectivity index (χ0n) is 18.7. The molecule has 186 valence electrons. The van der Waals surface area contributed by atoms with Gasteiger partial charge in [-0.2, -0.15) is 4.31 Å². The first-order valence-electron chi connectivity index (χ1n) is 11.0. The first-order valence-corrected chi connectivity index (χ1v) is 13.6. The Morgan fingerprint density at radius 3 is 2.86 bits per heavy atom. The maximum Gasteiger partial charge on any atom is 0.283 e. The predicted molar refractivity (Wildman–Crippen MR) is 132 cm³/mol. The fourth-order valence-electron chi connectivity index (χ4n) is 4.36. The van der Waals surface area contributed by atoms with Crippen LogP contribution in [0.3, 0.4) is 0 Å². The van der Waals surface area contributed by atoms with Crippen molar-refractivity contribution in [1.29, 1.82) is 0 Å². The van der Waals surface area contributed by atoms with Crippen molar-refractivity contribution in [1.82, 2.24) is 29.8 Å². The molecule has 1 aromatic carbocycles. The lowest BCUT2D eigenvalue weighted by atomic mass is 10.1. The second-order valence-electron chi connectivity index (χ2n) is 8.44. The molecule has 1 fully saturated rings. The Morgan fingerprint density at radius 2 is 2.09 bits per heavy atom. The van der Waals surface area contributed by atoms with Crippen molar-refractivity contribution in [2.24, 2.45) is 5.73 Å². The van der Waals surface area contributed by atoms with Crippen LogP contribution in [0.5, 0.6) is 0 Å². The molecule has 2 unspecified atom stereocenters. The highest BCUT2D eigenvalue weighted by atomic mass is 35.5. The number of aromatic nitrogens is 2. The van der Waals surface area contributed by atoms with Gasteiger partial charge in [-0.15, -0.1) is 11.3 Å². The molecule has 0 spiro atoms. The third kappa shape index (κ3) is 4.43. The zero-order valence-corrected chi connectivity index (χ0v) is 21.1. The number of nitrogens with two attached hydrogens (primary N) is 1. The van der Waals surface area contributed by atoms with Crippen molar-refractivity contribution in [3.63, 3.8) is 0 Å². The molecule has 0 aliphatic carbocycles. The molecule has 0 saturated carbocycles. The number of fused-ring (bicyclic) bond motifs is 2. The Hall–Kier alpha value is -2.55. The van der Waals surface area contributed by atoms with Crippen LogP contribution in [-0.2, 0) is 27.8 Å². The molecule has 2 aromatic heterocycles. The number of piperazine rings is 1. The largest absolute Gasteiger partial charge is 0.357 e. The number of H-pyrrole nitrogens is 1. The summed E-state index contributed by atoms with van der Waals surface area (Å²) in [5.41, 5.74) is 7.34. The standard InChI is InChI=1S/C21H24ClN7O4S2/c1-24-19(30)15-10-28(35(32,33)18-7-11-6-12(22)2-3-13(11)26-18)4-5-29(15)21(31)20-27-14-8-17(23)25-9-16(14)34-20/h2-3,6-7,15,17,25-26H,4-5,8-10,23H2,1H3,(H,24,30). The minimum absolute atomic E-state index is 0.00152. The molecule has 2 amide bonds. The van der Waals surface area contributed by atoms with Crippen LogP contribution in [0, 0.1) is 0 Å². The summed E-state index contributed by atoms with van der Waals surface area (Å²) in [6.45, 7) is 0.433. The number of nitrogens with one attached hydrogen (secondary N) is 3. The van der Waals surface area contributed by atoms with Gasteiger partial charge in [0.1, 0.15) is 11.1 Å². The number of nitrogens with zero attached hydrogens (tertiary/aromatic N) is 3. The van der Waals surface area contributed by atoms with E-state index in [9.17, 15) is 18.0 Å². The number of carbonyl (C=O) groups excluding carboxylic acids is 2. The molecular formula is C21H24ClN7O4S2. The Morgan fingerprint density at radius 1 is 1.29 bits per heavy atom. The molecule has 35 heavy (non-hydrogen) atoms. The van der Waals surface area contributed by atoms with Crippen LogP contribution < -0.4 is 16.4 Å². The number of thiazole rings is 1. The first kappa shape index (κ1) is 24.2. The van der Waals surface area contributed by atoms with E-state index >= 15 is 0 Å². The van der Waals surface area contributed by atoms with Crippen LogP contribution in [-0.4, -0.2) is 78.3 Å². The van der Waals surface area contributed by atoms with Gasteiger partial charge in [-0.25, -0.2) is 13.4 Å². The number of benzene rings is 1. The Kier molecular flexibility index (Phi) is 6.32. The molecule has 0 radical (unpaired) electrons. The molecule has 2 atom stereocenters. The summed E-state index contributed by atoms with van der Waals surface area (Å²) in [4.78, 5) is 35.8. The number of carbonyl (C=O) groups is 2. The Bertz CT molecular complexity index is 1420. The number of aromatic amines is 1. The van der Waals surface area contributed by atoms with Gasteiger partial charge in [-0.05, 0) is 24.3 Å². The summed E-state index contributed by atoms with van der Waals surface area (Å²) in [6, 6.07) is 5.56. The molecule has 5 N–H and O–H groups in total. The van der Waals surface area contributed by atoms with Gasteiger partial charge in [-0.1, -0.05) is 11.6 Å². The summed E-state index contributed by atoms with van der Waals surface area (Å²) in [7, 11) is -2.50. The molecular weight excluding hydrogens is 514 g/mol. The van der Waals surface area contributed by atoms with Crippen LogP contribution in [0.25, 0.3) is 10.9 Å². The SMILES string of the molecule is CNC(=O)C1CN(S(=O)(=O)c2cc3cc(Cl)ccc3[nH]2)CCN1C(=O)c1nc2c(s1)CNC(N)C2. The van der Waals surface area contributed by atoms with Gasteiger partial charge in [0.25, 0.3) is 15.9 Å². The monoisotopic (exact) mass is 537 g/mol. The Balaban J connectivity index is 1.40. The molecule has 5 rings (SSSR count). The van der Waals surface area contributed by atoms with Crippen LogP contribution in [0.15, 0.2) is 29.3 Å². The van der Waals surface area contributed by atoms with Gasteiger partial charge < -0.3 is 20.9 Å². The summed E-state index contributed by atoms with van der Waals surface area (Å²) >= 11 is 7.30. The van der Waals surface area contributed by atoms with Crippen molar-refractivity contribution < 1.29 is 18.0 Å². The van der Waals surface area contributed by atoms with E-state index in [-0.39, 0.29) is 35.8 Å². The molecule has 0 bridgehead atoms. The van der Waals surface area contributed by atoms with Crippen molar-refractivity contribution in [3.05, 3.63) is 44.9 Å². The number of likely N-dealkylation sites (N-methyl/N-ethyl adjacent to an activating group) is 1. The fraction of sp³-hybridized carbons (Fsp3) is 0.381. The molecule has 11 nitrogen and oxygen atoms in total. The third-order valence-corrected chi connectivity index (χ3v) is 9.34. The number of halogens is 1. The van der Waals surface area contributed by atoms with Crippen molar-refractivity contribution in [2.75, 3.05) is 26.7 Å². The van der Waals surface area contributed by atoms with Gasteiger partial charge in [-0.3, -0.25) is 14.9 Å². The average Bonchev–Trinajstić information content (AvgIpc) is 3.46. The highest BCUT2D eigenvalue weighted by molar-refractivity contribution is 7.89. The Labute approximate surface area is 210 Å². The minimum atomic E-state index is -3.95. The second kappa shape index (κ2) is 9.15. The number of sulfonamides is 1. The lowest BCUT2D eigenvalue weighted by Crippen LogP contribution is -2.61. The zero-order chi connectivity index (χ0) is 24.9. The number of hydrogen-bond donors (Lipinski definition) is 4. The summed E-state index contributed by atoms with van der Waals surface area (Å²) in [5.74, 6) is -0.851. The molecule has 2 aliphatic rings. The van der Waals surface area contributed by atoms with E-state index in [0.717, 1.165) is 10.6 Å². The van der Waals surface area contributed by atoms with Gasteiger partial charge in [0.2, 0.25) is 5.91 Å². The maximum absolute atomic E-state index is 13.4. The van der Waals surface area contributed by atoms with Crippen LogP contribution >= 0.6 is 22.9 Å². The van der Waals surface area contributed by atoms with E-state index in [4.69, 9.17) is 17.3 Å². The lowest BCUT2D eigenvalue weighted by Gasteiger charge is -2.39. The fourth-order valence-corrected chi connectivity index (χ4v) is 6.99. The van der Waals surface area contributed by atoms with Crippen molar-refractivity contribution in [3.8, 4) is 0 Å².